The second-order valence-electron chi connectivity index (χ2n) is 2.53. The molecule has 1 heterocycles. The number of carbonyl (C=O) groups excluding carboxylic acids is 1. The van der Waals surface area contributed by atoms with Crippen LogP contribution >= 0.6 is 0 Å². The number of amides is 2. The molecule has 1 rings (SSSR count). The highest BCUT2D eigenvalue weighted by atomic mass is 16.2. The Morgan fingerprint density at radius 3 is 3.08 bits per heavy atom. The zero-order valence-electron chi connectivity index (χ0n) is 7.27. The van der Waals surface area contributed by atoms with Gasteiger partial charge >= 0.3 is 6.03 Å². The summed E-state index contributed by atoms with van der Waals surface area (Å²) in [5.41, 5.74) is 7.70. The van der Waals surface area contributed by atoms with Crippen molar-refractivity contribution in [1.29, 1.82) is 0 Å². The average molecular weight is 181 g/mol. The van der Waals surface area contributed by atoms with Gasteiger partial charge in [-0.2, -0.15) is 10.2 Å². The first-order valence-corrected chi connectivity index (χ1v) is 3.74. The lowest BCUT2D eigenvalue weighted by Crippen LogP contribution is -2.26. The number of primary amides is 1. The van der Waals surface area contributed by atoms with Crippen LogP contribution in [-0.4, -0.2) is 21.5 Å². The van der Waals surface area contributed by atoms with E-state index in [2.05, 4.69) is 15.6 Å². The third kappa shape index (κ3) is 3.37. The van der Waals surface area contributed by atoms with Gasteiger partial charge in [0.1, 0.15) is 0 Å². The molecule has 0 spiro atoms. The molecular formula is C7H11N5O. The van der Waals surface area contributed by atoms with Gasteiger partial charge in [0.2, 0.25) is 0 Å². The molecule has 0 saturated carbocycles. The molecule has 0 radical (unpaired) electrons. The van der Waals surface area contributed by atoms with Crippen molar-refractivity contribution in [2.75, 3.05) is 0 Å². The predicted molar refractivity (Wildman–Crippen MR) is 48.1 cm³/mol. The topological polar surface area (TPSA) is 85.3 Å². The average Bonchev–Trinajstić information content (AvgIpc) is 2.53. The Morgan fingerprint density at radius 2 is 2.54 bits per heavy atom. The number of urea groups is 1. The normalized spacial score (nSPS) is 11.3. The fourth-order valence-corrected chi connectivity index (χ4v) is 0.814. The van der Waals surface area contributed by atoms with Gasteiger partial charge < -0.3 is 5.73 Å². The van der Waals surface area contributed by atoms with E-state index in [1.165, 1.54) is 0 Å². The van der Waals surface area contributed by atoms with E-state index in [4.69, 9.17) is 5.73 Å². The molecule has 6 heteroatoms. The van der Waals surface area contributed by atoms with Crippen LogP contribution in [0.3, 0.4) is 0 Å². The van der Waals surface area contributed by atoms with Gasteiger partial charge in [0.05, 0.1) is 12.3 Å². The van der Waals surface area contributed by atoms with E-state index in [0.717, 1.165) is 5.71 Å². The van der Waals surface area contributed by atoms with E-state index in [-0.39, 0.29) is 0 Å². The highest BCUT2D eigenvalue weighted by Crippen LogP contribution is 1.86. The predicted octanol–water partition coefficient (Wildman–Crippen LogP) is -0.0727. The van der Waals surface area contributed by atoms with Crippen molar-refractivity contribution in [3.63, 3.8) is 0 Å². The quantitative estimate of drug-likeness (QED) is 0.505. The number of rotatable bonds is 3. The number of hydrogen-bond donors (Lipinski definition) is 2. The van der Waals surface area contributed by atoms with Crippen molar-refractivity contribution < 1.29 is 4.79 Å². The Labute approximate surface area is 75.4 Å². The van der Waals surface area contributed by atoms with Crippen LogP contribution in [0, 0.1) is 0 Å². The molecule has 3 N–H and O–H groups in total. The van der Waals surface area contributed by atoms with Gasteiger partial charge in [0.15, 0.2) is 0 Å². The van der Waals surface area contributed by atoms with Crippen molar-refractivity contribution in [2.45, 2.75) is 13.5 Å². The summed E-state index contributed by atoms with van der Waals surface area (Å²) in [7, 11) is 0. The maximum atomic E-state index is 10.3. The smallest absolute Gasteiger partial charge is 0.332 e. The summed E-state index contributed by atoms with van der Waals surface area (Å²) in [5, 5.41) is 7.71. The first-order chi connectivity index (χ1) is 6.18. The molecule has 0 aromatic carbocycles. The second kappa shape index (κ2) is 4.24. The van der Waals surface area contributed by atoms with Crippen LogP contribution in [0.2, 0.25) is 0 Å². The van der Waals surface area contributed by atoms with E-state index in [9.17, 15) is 4.79 Å². The lowest BCUT2D eigenvalue weighted by molar-refractivity contribution is 0.249. The first-order valence-electron chi connectivity index (χ1n) is 3.74. The summed E-state index contributed by atoms with van der Waals surface area (Å²) in [5.74, 6) is 0. The number of hydrogen-bond acceptors (Lipinski definition) is 3. The molecule has 1 aromatic heterocycles. The third-order valence-electron chi connectivity index (χ3n) is 1.31. The van der Waals surface area contributed by atoms with Crippen LogP contribution in [0.5, 0.6) is 0 Å². The molecule has 2 amide bonds. The minimum absolute atomic E-state index is 0.535. The molecule has 0 bridgehead atoms. The van der Waals surface area contributed by atoms with Crippen molar-refractivity contribution in [1.82, 2.24) is 15.2 Å². The lowest BCUT2D eigenvalue weighted by Gasteiger charge is -2.00. The number of nitrogens with two attached hydrogens (primary N) is 1. The largest absolute Gasteiger partial charge is 0.350 e. The fourth-order valence-electron chi connectivity index (χ4n) is 0.814. The molecule has 70 valence electrons. The molecule has 0 aliphatic carbocycles. The van der Waals surface area contributed by atoms with Gasteiger partial charge in [-0.25, -0.2) is 10.2 Å². The molecular weight excluding hydrogens is 170 g/mol. The summed E-state index contributed by atoms with van der Waals surface area (Å²) >= 11 is 0. The van der Waals surface area contributed by atoms with E-state index < -0.39 is 6.03 Å². The number of carbonyl (C=O) groups is 1. The molecule has 1 aromatic rings. The van der Waals surface area contributed by atoms with E-state index in [0.29, 0.717) is 6.54 Å². The summed E-state index contributed by atoms with van der Waals surface area (Å²) in [6, 6.07) is 1.15. The van der Waals surface area contributed by atoms with E-state index in [1.807, 2.05) is 12.3 Å². The third-order valence-corrected chi connectivity index (χ3v) is 1.31. The van der Waals surface area contributed by atoms with Crippen LogP contribution in [0.4, 0.5) is 4.79 Å². The number of nitrogens with one attached hydrogen (secondary N) is 1. The highest BCUT2D eigenvalue weighted by Gasteiger charge is 1.94. The lowest BCUT2D eigenvalue weighted by atomic mass is 10.4. The van der Waals surface area contributed by atoms with Crippen molar-refractivity contribution in [2.24, 2.45) is 10.8 Å². The van der Waals surface area contributed by atoms with Crippen LogP contribution in [0.1, 0.15) is 6.92 Å². The minimum atomic E-state index is -0.667. The molecule has 0 unspecified atom stereocenters. The van der Waals surface area contributed by atoms with Crippen LogP contribution in [0.25, 0.3) is 0 Å². The standard InChI is InChI=1S/C7H11N5O/c1-6(10-11-7(8)13)5-12-4-2-3-9-12/h2-4H,5H2,1H3,(H3,8,11,13)/b10-6-. The van der Waals surface area contributed by atoms with Crippen LogP contribution in [-0.2, 0) is 6.54 Å². The Balaban J connectivity index is 2.45. The molecule has 0 atom stereocenters. The monoisotopic (exact) mass is 181 g/mol. The second-order valence-corrected chi connectivity index (χ2v) is 2.53. The number of aromatic nitrogens is 2. The summed E-state index contributed by atoms with van der Waals surface area (Å²) in [6.07, 6.45) is 3.48. The molecule has 13 heavy (non-hydrogen) atoms. The van der Waals surface area contributed by atoms with Crippen LogP contribution < -0.4 is 11.2 Å². The van der Waals surface area contributed by atoms with Gasteiger partial charge in [-0.05, 0) is 13.0 Å². The number of nitrogens with zero attached hydrogens (tertiary/aromatic N) is 3. The summed E-state index contributed by atoms with van der Waals surface area (Å²) < 4.78 is 1.70. The Hall–Kier alpha value is -1.85. The molecule has 0 aliphatic rings. The maximum absolute atomic E-state index is 10.3. The molecule has 0 saturated heterocycles. The Kier molecular flexibility index (Phi) is 3.02. The fraction of sp³-hybridized carbons (Fsp3) is 0.286. The van der Waals surface area contributed by atoms with Crippen LogP contribution in [0.15, 0.2) is 23.6 Å². The van der Waals surface area contributed by atoms with Crippen molar-refractivity contribution >= 4 is 11.7 Å². The van der Waals surface area contributed by atoms with Crippen molar-refractivity contribution in [3.05, 3.63) is 18.5 Å². The molecule has 6 nitrogen and oxygen atoms in total. The first kappa shape index (κ1) is 9.24. The van der Waals surface area contributed by atoms with Gasteiger partial charge in [0, 0.05) is 12.4 Å². The van der Waals surface area contributed by atoms with Gasteiger partial charge in [-0.3, -0.25) is 4.68 Å². The summed E-state index contributed by atoms with van der Waals surface area (Å²) in [4.78, 5) is 10.3. The van der Waals surface area contributed by atoms with E-state index in [1.54, 1.807) is 17.8 Å². The minimum Gasteiger partial charge on any atom is -0.350 e. The van der Waals surface area contributed by atoms with E-state index >= 15 is 0 Å². The Morgan fingerprint density at radius 1 is 1.77 bits per heavy atom. The maximum Gasteiger partial charge on any atom is 0.332 e. The van der Waals surface area contributed by atoms with Gasteiger partial charge in [-0.1, -0.05) is 0 Å². The highest BCUT2D eigenvalue weighted by molar-refractivity contribution is 5.83. The SMILES string of the molecule is C/C(Cn1cccn1)=N/NC(N)=O. The van der Waals surface area contributed by atoms with Gasteiger partial charge in [-0.15, -0.1) is 0 Å². The molecule has 0 fully saturated rings. The van der Waals surface area contributed by atoms with Gasteiger partial charge in [0.25, 0.3) is 0 Å². The number of hydrazone groups is 1. The molecule has 0 aliphatic heterocycles. The van der Waals surface area contributed by atoms with Crippen molar-refractivity contribution in [3.8, 4) is 0 Å². The zero-order chi connectivity index (χ0) is 9.68. The summed E-state index contributed by atoms with van der Waals surface area (Å²) in [6.45, 7) is 2.31. The Bertz CT molecular complexity index is 303. The zero-order valence-corrected chi connectivity index (χ0v) is 7.27.